The zero-order valence-corrected chi connectivity index (χ0v) is 15.1. The van der Waals surface area contributed by atoms with E-state index in [0.717, 1.165) is 5.56 Å². The van der Waals surface area contributed by atoms with Crippen LogP contribution in [-0.4, -0.2) is 23.8 Å². The summed E-state index contributed by atoms with van der Waals surface area (Å²) in [5, 5.41) is 8.15. The molecule has 0 aliphatic carbocycles. The highest BCUT2D eigenvalue weighted by atomic mass is 16.2. The van der Waals surface area contributed by atoms with E-state index in [1.54, 1.807) is 56.3 Å². The predicted octanol–water partition coefficient (Wildman–Crippen LogP) is 3.10. The highest BCUT2D eigenvalue weighted by Crippen LogP contribution is 2.15. The van der Waals surface area contributed by atoms with Crippen molar-refractivity contribution in [3.05, 3.63) is 59.7 Å². The molecule has 3 N–H and O–H groups in total. The number of hydrogen-bond acceptors (Lipinski definition) is 3. The first-order valence-corrected chi connectivity index (χ1v) is 8.47. The fourth-order valence-electron chi connectivity index (χ4n) is 2.31. The Bertz CT molecular complexity index is 817. The number of carbonyl (C=O) groups is 3. The van der Waals surface area contributed by atoms with E-state index in [0.29, 0.717) is 23.4 Å². The number of anilines is 2. The van der Waals surface area contributed by atoms with E-state index in [1.807, 2.05) is 13.0 Å². The first-order valence-electron chi connectivity index (χ1n) is 8.47. The Kier molecular flexibility index (Phi) is 6.49. The summed E-state index contributed by atoms with van der Waals surface area (Å²) in [7, 11) is 0. The molecule has 0 aliphatic rings. The zero-order valence-electron chi connectivity index (χ0n) is 15.1. The minimum atomic E-state index is -0.711. The van der Waals surface area contributed by atoms with Gasteiger partial charge in [-0.1, -0.05) is 30.7 Å². The van der Waals surface area contributed by atoms with Crippen molar-refractivity contribution in [1.82, 2.24) is 5.32 Å². The van der Waals surface area contributed by atoms with Gasteiger partial charge in [0.2, 0.25) is 11.8 Å². The highest BCUT2D eigenvalue weighted by molar-refractivity contribution is 6.01. The van der Waals surface area contributed by atoms with Crippen LogP contribution in [0.25, 0.3) is 0 Å². The molecule has 6 nitrogen and oxygen atoms in total. The van der Waals surface area contributed by atoms with Gasteiger partial charge in [-0.05, 0) is 44.2 Å². The van der Waals surface area contributed by atoms with Crippen LogP contribution in [0, 0.1) is 6.92 Å². The van der Waals surface area contributed by atoms with Crippen LogP contribution in [-0.2, 0) is 9.59 Å². The Morgan fingerprint density at radius 2 is 1.62 bits per heavy atom. The standard InChI is InChI=1S/C20H23N3O3/c1-4-18(24)22-16-9-6-10-17(12-16)23-19(25)14(3)21-20(26)15-8-5-7-13(2)11-15/h5-12,14H,4H2,1-3H3,(H,21,26)(H,22,24)(H,23,25). The lowest BCUT2D eigenvalue weighted by Gasteiger charge is -2.15. The van der Waals surface area contributed by atoms with Gasteiger partial charge in [0, 0.05) is 23.4 Å². The van der Waals surface area contributed by atoms with E-state index in [1.165, 1.54) is 0 Å². The number of aryl methyl sites for hydroxylation is 1. The van der Waals surface area contributed by atoms with Crippen LogP contribution in [0.1, 0.15) is 36.2 Å². The fourth-order valence-corrected chi connectivity index (χ4v) is 2.31. The van der Waals surface area contributed by atoms with Gasteiger partial charge in [0.25, 0.3) is 5.91 Å². The zero-order chi connectivity index (χ0) is 19.1. The Morgan fingerprint density at radius 3 is 2.27 bits per heavy atom. The normalized spacial score (nSPS) is 11.3. The van der Waals surface area contributed by atoms with Gasteiger partial charge in [0.1, 0.15) is 6.04 Å². The monoisotopic (exact) mass is 353 g/mol. The maximum atomic E-state index is 12.3. The second-order valence-electron chi connectivity index (χ2n) is 6.04. The van der Waals surface area contributed by atoms with E-state index < -0.39 is 6.04 Å². The molecule has 0 saturated carbocycles. The van der Waals surface area contributed by atoms with Gasteiger partial charge in [-0.15, -0.1) is 0 Å². The number of rotatable bonds is 6. The fraction of sp³-hybridized carbons (Fsp3) is 0.250. The summed E-state index contributed by atoms with van der Waals surface area (Å²) in [4.78, 5) is 36.0. The molecule has 0 aliphatic heterocycles. The van der Waals surface area contributed by atoms with Crippen molar-refractivity contribution in [2.24, 2.45) is 0 Å². The largest absolute Gasteiger partial charge is 0.341 e. The molecule has 3 amide bonds. The predicted molar refractivity (Wildman–Crippen MR) is 102 cm³/mol. The van der Waals surface area contributed by atoms with Crippen LogP contribution >= 0.6 is 0 Å². The van der Waals surface area contributed by atoms with E-state index >= 15 is 0 Å². The molecule has 0 heterocycles. The molecule has 26 heavy (non-hydrogen) atoms. The van der Waals surface area contributed by atoms with E-state index in [-0.39, 0.29) is 17.7 Å². The molecule has 2 aromatic rings. The summed E-state index contributed by atoms with van der Waals surface area (Å²) in [6.45, 7) is 5.28. The Balaban J connectivity index is 1.97. The van der Waals surface area contributed by atoms with Crippen molar-refractivity contribution in [1.29, 1.82) is 0 Å². The average molecular weight is 353 g/mol. The van der Waals surface area contributed by atoms with Crippen molar-refractivity contribution in [2.45, 2.75) is 33.2 Å². The summed E-state index contributed by atoms with van der Waals surface area (Å²) in [6, 6.07) is 13.3. The molecule has 0 aromatic heterocycles. The third-order valence-electron chi connectivity index (χ3n) is 3.76. The van der Waals surface area contributed by atoms with Crippen molar-refractivity contribution >= 4 is 29.1 Å². The molecule has 1 unspecified atom stereocenters. The number of hydrogen-bond donors (Lipinski definition) is 3. The minimum Gasteiger partial charge on any atom is -0.341 e. The Labute approximate surface area is 153 Å². The second kappa shape index (κ2) is 8.80. The molecule has 2 rings (SSSR count). The number of benzene rings is 2. The highest BCUT2D eigenvalue weighted by Gasteiger charge is 2.17. The van der Waals surface area contributed by atoms with Gasteiger partial charge in [-0.3, -0.25) is 14.4 Å². The molecule has 2 aromatic carbocycles. The number of carbonyl (C=O) groups excluding carboxylic acids is 3. The molecule has 0 radical (unpaired) electrons. The average Bonchev–Trinajstić information content (AvgIpc) is 2.61. The van der Waals surface area contributed by atoms with E-state index in [9.17, 15) is 14.4 Å². The summed E-state index contributed by atoms with van der Waals surface area (Å²) < 4.78 is 0. The molecule has 1 atom stereocenters. The molecular formula is C20H23N3O3. The van der Waals surface area contributed by atoms with Gasteiger partial charge in [-0.25, -0.2) is 0 Å². The van der Waals surface area contributed by atoms with Gasteiger partial charge in [0.15, 0.2) is 0 Å². The Hall–Kier alpha value is -3.15. The molecule has 0 spiro atoms. The number of nitrogens with one attached hydrogen (secondary N) is 3. The van der Waals surface area contributed by atoms with Crippen LogP contribution in [0.15, 0.2) is 48.5 Å². The molecular weight excluding hydrogens is 330 g/mol. The van der Waals surface area contributed by atoms with E-state index in [2.05, 4.69) is 16.0 Å². The third kappa shape index (κ3) is 5.44. The summed E-state index contributed by atoms with van der Waals surface area (Å²) in [5.41, 5.74) is 2.63. The lowest BCUT2D eigenvalue weighted by molar-refractivity contribution is -0.117. The molecule has 0 bridgehead atoms. The first kappa shape index (κ1) is 19.2. The van der Waals surface area contributed by atoms with Crippen LogP contribution < -0.4 is 16.0 Å². The molecule has 0 fully saturated rings. The summed E-state index contributed by atoms with van der Waals surface area (Å²) in [6.07, 6.45) is 0.374. The van der Waals surface area contributed by atoms with Gasteiger partial charge < -0.3 is 16.0 Å². The van der Waals surface area contributed by atoms with Gasteiger partial charge in [-0.2, -0.15) is 0 Å². The maximum absolute atomic E-state index is 12.3. The quantitative estimate of drug-likeness (QED) is 0.746. The van der Waals surface area contributed by atoms with Crippen LogP contribution in [0.3, 0.4) is 0 Å². The summed E-state index contributed by atoms with van der Waals surface area (Å²) >= 11 is 0. The third-order valence-corrected chi connectivity index (χ3v) is 3.76. The molecule has 6 heteroatoms. The van der Waals surface area contributed by atoms with Gasteiger partial charge in [0.05, 0.1) is 0 Å². The molecule has 0 saturated heterocycles. The smallest absolute Gasteiger partial charge is 0.251 e. The van der Waals surface area contributed by atoms with Crippen molar-refractivity contribution in [3.63, 3.8) is 0 Å². The lowest BCUT2D eigenvalue weighted by Crippen LogP contribution is -2.41. The maximum Gasteiger partial charge on any atom is 0.251 e. The van der Waals surface area contributed by atoms with Crippen molar-refractivity contribution < 1.29 is 14.4 Å². The first-order chi connectivity index (χ1) is 12.4. The SMILES string of the molecule is CCC(=O)Nc1cccc(NC(=O)C(C)NC(=O)c2cccc(C)c2)c1. The van der Waals surface area contributed by atoms with E-state index in [4.69, 9.17) is 0 Å². The molecule has 136 valence electrons. The summed E-state index contributed by atoms with van der Waals surface area (Å²) in [5.74, 6) is -0.752. The number of amides is 3. The van der Waals surface area contributed by atoms with Crippen LogP contribution in [0.2, 0.25) is 0 Å². The van der Waals surface area contributed by atoms with Crippen molar-refractivity contribution in [2.75, 3.05) is 10.6 Å². The Morgan fingerprint density at radius 1 is 0.962 bits per heavy atom. The minimum absolute atomic E-state index is 0.104. The van der Waals surface area contributed by atoms with Crippen molar-refractivity contribution in [3.8, 4) is 0 Å². The lowest BCUT2D eigenvalue weighted by atomic mass is 10.1. The van der Waals surface area contributed by atoms with Crippen LogP contribution in [0.4, 0.5) is 11.4 Å². The van der Waals surface area contributed by atoms with Crippen LogP contribution in [0.5, 0.6) is 0 Å². The second-order valence-corrected chi connectivity index (χ2v) is 6.04. The topological polar surface area (TPSA) is 87.3 Å². The van der Waals surface area contributed by atoms with Gasteiger partial charge >= 0.3 is 0 Å².